The summed E-state index contributed by atoms with van der Waals surface area (Å²) in [6.45, 7) is 4.07. The van der Waals surface area contributed by atoms with E-state index in [2.05, 4.69) is 5.10 Å². The number of halogens is 1. The number of likely N-dealkylation sites (N-methyl/N-ethyl adjacent to an activating group) is 1. The molecule has 5 rings (SSSR count). The Morgan fingerprint density at radius 1 is 1.13 bits per heavy atom. The molecule has 4 aromatic rings. The van der Waals surface area contributed by atoms with Gasteiger partial charge in [0.05, 0.1) is 19.4 Å². The summed E-state index contributed by atoms with van der Waals surface area (Å²) in [4.78, 5) is 29.5. The lowest BCUT2D eigenvalue weighted by Gasteiger charge is -2.33. The standard InChI is InChI=1S/C32H38FN5O8S/c1-5-36-17-20(2)38-27-26(29(45-4)28(38)32(36)42)31(41)37(34-30(27)35(3)47(43,44)15-7-6-14-39)18-22-10-11-23(33)16-25(22)46-19-21-8-12-24(40)13-9-21/h8-13,16,20,39-40H,5-7,14-15,17-19H2,1-4H3. The molecule has 1 aliphatic heterocycles. The van der Waals surface area contributed by atoms with Crippen LogP contribution in [0.5, 0.6) is 17.2 Å². The molecule has 0 fully saturated rings. The number of methoxy groups -OCH3 is 1. The Balaban J connectivity index is 1.69. The lowest BCUT2D eigenvalue weighted by Crippen LogP contribution is -2.42. The van der Waals surface area contributed by atoms with Gasteiger partial charge in [0.15, 0.2) is 17.3 Å². The van der Waals surface area contributed by atoms with Crippen LogP contribution in [0.15, 0.2) is 47.3 Å². The molecule has 1 amide bonds. The summed E-state index contributed by atoms with van der Waals surface area (Å²) in [7, 11) is -1.33. The molecular weight excluding hydrogens is 633 g/mol. The summed E-state index contributed by atoms with van der Waals surface area (Å²) >= 11 is 0. The highest BCUT2D eigenvalue weighted by molar-refractivity contribution is 7.92. The van der Waals surface area contributed by atoms with Crippen LogP contribution < -0.4 is 19.3 Å². The zero-order valence-corrected chi connectivity index (χ0v) is 27.5. The highest BCUT2D eigenvalue weighted by Gasteiger charge is 2.39. The van der Waals surface area contributed by atoms with Gasteiger partial charge in [0.25, 0.3) is 11.5 Å². The number of ether oxygens (including phenoxy) is 2. The highest BCUT2D eigenvalue weighted by atomic mass is 32.2. The SMILES string of the molecule is CCN1CC(C)n2c(c(OC)c3c(=O)n(Cc4ccc(F)cc4OCc4ccc(O)cc4)nc(N(C)S(=O)(=O)CCCCO)c32)C1=O. The van der Waals surface area contributed by atoms with Crippen LogP contribution >= 0.6 is 0 Å². The van der Waals surface area contributed by atoms with Crippen LogP contribution in [-0.2, 0) is 23.2 Å². The van der Waals surface area contributed by atoms with Gasteiger partial charge >= 0.3 is 0 Å². The second kappa shape index (κ2) is 13.6. The number of sulfonamides is 1. The maximum absolute atomic E-state index is 14.4. The van der Waals surface area contributed by atoms with Crippen molar-refractivity contribution in [1.29, 1.82) is 0 Å². The molecule has 2 N–H and O–H groups in total. The van der Waals surface area contributed by atoms with Crippen molar-refractivity contribution in [3.05, 3.63) is 75.5 Å². The molecule has 0 saturated carbocycles. The van der Waals surface area contributed by atoms with Crippen molar-refractivity contribution >= 4 is 32.7 Å². The number of aliphatic hydroxyl groups is 1. The smallest absolute Gasteiger partial charge is 0.280 e. The van der Waals surface area contributed by atoms with E-state index in [1.54, 1.807) is 21.6 Å². The minimum absolute atomic E-state index is 0.00592. The number of aromatic nitrogens is 3. The topological polar surface area (TPSA) is 156 Å². The average molecular weight is 672 g/mol. The van der Waals surface area contributed by atoms with Crippen LogP contribution in [0.25, 0.3) is 10.9 Å². The van der Waals surface area contributed by atoms with Gasteiger partial charge in [0.1, 0.15) is 34.8 Å². The van der Waals surface area contributed by atoms with E-state index in [-0.39, 0.29) is 90.0 Å². The maximum atomic E-state index is 14.4. The minimum atomic E-state index is -4.00. The van der Waals surface area contributed by atoms with Gasteiger partial charge in [-0.2, -0.15) is 0 Å². The number of aliphatic hydroxyl groups excluding tert-OH is 1. The fraction of sp³-hybridized carbons (Fsp3) is 0.406. The van der Waals surface area contributed by atoms with Crippen LogP contribution in [-0.4, -0.2) is 83.4 Å². The summed E-state index contributed by atoms with van der Waals surface area (Å²) in [5.41, 5.74) is 0.695. The Morgan fingerprint density at radius 2 is 1.85 bits per heavy atom. The monoisotopic (exact) mass is 671 g/mol. The molecule has 0 bridgehead atoms. The number of carbonyl (C=O) groups excluding carboxylic acids is 1. The largest absolute Gasteiger partial charge is 0.508 e. The van der Waals surface area contributed by atoms with Crippen LogP contribution in [0.1, 0.15) is 54.3 Å². The predicted molar refractivity (Wildman–Crippen MR) is 173 cm³/mol. The molecule has 0 radical (unpaired) electrons. The number of rotatable bonds is 13. The van der Waals surface area contributed by atoms with Crippen molar-refractivity contribution in [2.75, 3.05) is 43.9 Å². The first kappa shape index (κ1) is 33.7. The Bertz CT molecular complexity index is 1960. The van der Waals surface area contributed by atoms with Crippen molar-refractivity contribution in [3.63, 3.8) is 0 Å². The number of phenolic OH excluding ortho intramolecular Hbond substituents is 1. The molecule has 2 aromatic carbocycles. The van der Waals surface area contributed by atoms with E-state index in [4.69, 9.17) is 9.47 Å². The first-order valence-corrected chi connectivity index (χ1v) is 16.8. The van der Waals surface area contributed by atoms with E-state index >= 15 is 0 Å². The summed E-state index contributed by atoms with van der Waals surface area (Å²) in [6.07, 6.45) is 0.471. The Kier molecular flexibility index (Phi) is 9.77. The molecule has 0 spiro atoms. The number of aromatic hydroxyl groups is 1. The first-order valence-electron chi connectivity index (χ1n) is 15.2. The number of hydrogen-bond acceptors (Lipinski definition) is 9. The molecule has 2 aromatic heterocycles. The molecule has 1 atom stereocenters. The summed E-state index contributed by atoms with van der Waals surface area (Å²) in [5, 5.41) is 23.4. The molecule has 15 heteroatoms. The van der Waals surface area contributed by atoms with E-state index in [0.717, 1.165) is 8.99 Å². The van der Waals surface area contributed by atoms with Crippen LogP contribution in [0, 0.1) is 5.82 Å². The van der Waals surface area contributed by atoms with Crippen molar-refractivity contribution in [1.82, 2.24) is 19.2 Å². The van der Waals surface area contributed by atoms with Gasteiger partial charge in [-0.15, -0.1) is 5.10 Å². The Hall–Kier alpha value is -4.63. The minimum Gasteiger partial charge on any atom is -0.508 e. The molecule has 0 saturated heterocycles. The number of anilines is 1. The zero-order chi connectivity index (χ0) is 34.0. The van der Waals surface area contributed by atoms with E-state index in [1.165, 1.54) is 44.5 Å². The molecular formula is C32H38FN5O8S. The lowest BCUT2D eigenvalue weighted by molar-refractivity contribution is 0.0685. The number of nitrogens with zero attached hydrogens (tertiary/aromatic N) is 5. The first-order chi connectivity index (χ1) is 22.4. The van der Waals surface area contributed by atoms with Gasteiger partial charge in [-0.05, 0) is 50.5 Å². The summed E-state index contributed by atoms with van der Waals surface area (Å²) in [5.74, 6) is -1.11. The molecule has 252 valence electrons. The van der Waals surface area contributed by atoms with Gasteiger partial charge < -0.3 is 29.2 Å². The molecule has 47 heavy (non-hydrogen) atoms. The van der Waals surface area contributed by atoms with Crippen LogP contribution in [0.3, 0.4) is 0 Å². The third-order valence-corrected chi connectivity index (χ3v) is 10.1. The fourth-order valence-electron chi connectivity index (χ4n) is 5.76. The lowest BCUT2D eigenvalue weighted by atomic mass is 10.2. The van der Waals surface area contributed by atoms with E-state index in [9.17, 15) is 32.6 Å². The predicted octanol–water partition coefficient (Wildman–Crippen LogP) is 3.25. The van der Waals surface area contributed by atoms with Crippen molar-refractivity contribution in [3.8, 4) is 17.2 Å². The van der Waals surface area contributed by atoms with Crippen molar-refractivity contribution in [2.24, 2.45) is 0 Å². The highest BCUT2D eigenvalue weighted by Crippen LogP contribution is 2.41. The average Bonchev–Trinajstić information content (AvgIpc) is 3.41. The summed E-state index contributed by atoms with van der Waals surface area (Å²) < 4.78 is 56.8. The third kappa shape index (κ3) is 6.49. The number of unbranched alkanes of at least 4 members (excludes halogenated alkanes) is 1. The van der Waals surface area contributed by atoms with Gasteiger partial charge in [-0.25, -0.2) is 17.5 Å². The Labute approximate surface area is 271 Å². The van der Waals surface area contributed by atoms with E-state index in [1.807, 2.05) is 13.8 Å². The maximum Gasteiger partial charge on any atom is 0.280 e. The van der Waals surface area contributed by atoms with Gasteiger partial charge in [0, 0.05) is 44.4 Å². The third-order valence-electron chi connectivity index (χ3n) is 8.24. The number of carbonyl (C=O) groups is 1. The number of hydrogen-bond donors (Lipinski definition) is 2. The van der Waals surface area contributed by atoms with Crippen molar-refractivity contribution < 1.29 is 37.3 Å². The molecule has 1 aliphatic rings. The number of benzene rings is 2. The fourth-order valence-corrected chi connectivity index (χ4v) is 6.99. The molecule has 13 nitrogen and oxygen atoms in total. The van der Waals surface area contributed by atoms with E-state index in [0.29, 0.717) is 24.2 Å². The number of amides is 1. The van der Waals surface area contributed by atoms with E-state index < -0.39 is 21.4 Å². The molecule has 3 heterocycles. The van der Waals surface area contributed by atoms with Gasteiger partial charge in [-0.1, -0.05) is 18.2 Å². The van der Waals surface area contributed by atoms with Crippen LogP contribution in [0.4, 0.5) is 10.2 Å². The Morgan fingerprint density at radius 3 is 2.51 bits per heavy atom. The second-order valence-electron chi connectivity index (χ2n) is 11.4. The summed E-state index contributed by atoms with van der Waals surface area (Å²) in [6, 6.07) is 9.78. The van der Waals surface area contributed by atoms with Gasteiger partial charge in [0.2, 0.25) is 10.0 Å². The van der Waals surface area contributed by atoms with Crippen molar-refractivity contribution in [2.45, 2.75) is 45.9 Å². The quantitative estimate of drug-likeness (QED) is 0.204. The van der Waals surface area contributed by atoms with Gasteiger partial charge in [-0.3, -0.25) is 13.9 Å². The molecule has 1 unspecified atom stereocenters. The number of fused-ring (bicyclic) bond motifs is 3. The second-order valence-corrected chi connectivity index (χ2v) is 13.5. The number of phenols is 1. The van der Waals surface area contributed by atoms with Crippen LogP contribution in [0.2, 0.25) is 0 Å². The normalized spacial score (nSPS) is 14.8. The zero-order valence-electron chi connectivity index (χ0n) is 26.6. The molecule has 0 aliphatic carbocycles.